The largest absolute Gasteiger partial charge is 0.396 e. The van der Waals surface area contributed by atoms with Crippen LogP contribution >= 0.6 is 0 Å². The van der Waals surface area contributed by atoms with Gasteiger partial charge in [0, 0.05) is 45.5 Å². The number of rotatable bonds is 4. The molecule has 1 aliphatic heterocycles. The van der Waals surface area contributed by atoms with Crippen molar-refractivity contribution in [3.05, 3.63) is 11.9 Å². The average molecular weight is 267 g/mol. The predicted octanol–water partition coefficient (Wildman–Crippen LogP) is -0.765. The van der Waals surface area contributed by atoms with Crippen molar-refractivity contribution >= 4 is 11.6 Å². The zero-order valence-corrected chi connectivity index (χ0v) is 11.2. The molecule has 0 unspecified atom stereocenters. The van der Waals surface area contributed by atoms with Gasteiger partial charge in [-0.3, -0.25) is 14.4 Å². The topological polar surface area (TPSA) is 87.6 Å². The van der Waals surface area contributed by atoms with Crippen molar-refractivity contribution < 1.29 is 9.90 Å². The molecule has 7 nitrogen and oxygen atoms in total. The van der Waals surface area contributed by atoms with E-state index in [9.17, 15) is 4.79 Å². The molecule has 1 amide bonds. The van der Waals surface area contributed by atoms with Gasteiger partial charge in [0.05, 0.1) is 12.3 Å². The fraction of sp³-hybridized carbons (Fsp3) is 0.667. The second-order valence-corrected chi connectivity index (χ2v) is 4.65. The van der Waals surface area contributed by atoms with Crippen molar-refractivity contribution in [1.29, 1.82) is 0 Å². The highest BCUT2D eigenvalue weighted by Crippen LogP contribution is 2.13. The summed E-state index contributed by atoms with van der Waals surface area (Å²) in [6.07, 6.45) is 1.69. The van der Waals surface area contributed by atoms with Crippen molar-refractivity contribution in [2.75, 3.05) is 45.1 Å². The number of nitrogen functional groups attached to an aromatic ring is 1. The number of aryl methyl sites for hydroxylation is 1. The standard InChI is InChI=1S/C12H21N5O2/c1-2-17-9-10(13)11(14-17)12(19)16-5-3-15(4-6-16)7-8-18/h9,18H,2-8,13H2,1H3. The van der Waals surface area contributed by atoms with Gasteiger partial charge >= 0.3 is 0 Å². The molecule has 1 aromatic rings. The second kappa shape index (κ2) is 6.03. The van der Waals surface area contributed by atoms with Gasteiger partial charge in [-0.15, -0.1) is 0 Å². The predicted molar refractivity (Wildman–Crippen MR) is 71.7 cm³/mol. The molecule has 1 aliphatic rings. The summed E-state index contributed by atoms with van der Waals surface area (Å²) in [6, 6.07) is 0. The van der Waals surface area contributed by atoms with Crippen LogP contribution in [0, 0.1) is 0 Å². The number of hydrogen-bond donors (Lipinski definition) is 2. The highest BCUT2D eigenvalue weighted by molar-refractivity contribution is 5.97. The minimum absolute atomic E-state index is 0.103. The van der Waals surface area contributed by atoms with Crippen LogP contribution in [0.2, 0.25) is 0 Å². The van der Waals surface area contributed by atoms with Crippen LogP contribution in [0.3, 0.4) is 0 Å². The number of nitrogens with zero attached hydrogens (tertiary/aromatic N) is 4. The number of β-amino-alcohol motifs (C(OH)–C–C–N with tert-alkyl or cyclic N) is 1. The number of nitrogens with two attached hydrogens (primary N) is 1. The van der Waals surface area contributed by atoms with Crippen LogP contribution in [0.4, 0.5) is 5.69 Å². The maximum atomic E-state index is 12.3. The molecular formula is C12H21N5O2. The Morgan fingerprint density at radius 3 is 2.63 bits per heavy atom. The van der Waals surface area contributed by atoms with Crippen LogP contribution in [0.15, 0.2) is 6.20 Å². The number of aliphatic hydroxyl groups is 1. The lowest BCUT2D eigenvalue weighted by molar-refractivity contribution is 0.0609. The van der Waals surface area contributed by atoms with Crippen molar-refractivity contribution in [1.82, 2.24) is 19.6 Å². The highest BCUT2D eigenvalue weighted by Gasteiger charge is 2.25. The second-order valence-electron chi connectivity index (χ2n) is 4.65. The molecule has 106 valence electrons. The summed E-state index contributed by atoms with van der Waals surface area (Å²) in [7, 11) is 0. The zero-order valence-electron chi connectivity index (χ0n) is 11.2. The highest BCUT2D eigenvalue weighted by atomic mass is 16.3. The van der Waals surface area contributed by atoms with Crippen LogP contribution in [-0.4, -0.2) is 69.9 Å². The van der Waals surface area contributed by atoms with E-state index in [0.29, 0.717) is 37.6 Å². The Bertz CT molecular complexity index is 437. The number of carbonyl (C=O) groups is 1. The summed E-state index contributed by atoms with van der Waals surface area (Å²) < 4.78 is 1.67. The van der Waals surface area contributed by atoms with Crippen LogP contribution in [0.5, 0.6) is 0 Å². The van der Waals surface area contributed by atoms with E-state index in [0.717, 1.165) is 13.1 Å². The van der Waals surface area contributed by atoms with Gasteiger partial charge < -0.3 is 15.7 Å². The summed E-state index contributed by atoms with van der Waals surface area (Å²) in [5.41, 5.74) is 6.60. The van der Waals surface area contributed by atoms with Crippen molar-refractivity contribution in [2.24, 2.45) is 0 Å². The van der Waals surface area contributed by atoms with E-state index >= 15 is 0 Å². The normalized spacial score (nSPS) is 16.8. The van der Waals surface area contributed by atoms with Crippen LogP contribution < -0.4 is 5.73 Å². The fourth-order valence-electron chi connectivity index (χ4n) is 2.23. The van der Waals surface area contributed by atoms with Gasteiger partial charge in [-0.05, 0) is 6.92 Å². The molecule has 2 rings (SSSR count). The number of aliphatic hydroxyl groups excluding tert-OH is 1. The molecule has 3 N–H and O–H groups in total. The molecule has 0 radical (unpaired) electrons. The Morgan fingerprint density at radius 2 is 2.11 bits per heavy atom. The Kier molecular flexibility index (Phi) is 4.39. The summed E-state index contributed by atoms with van der Waals surface area (Å²) in [6.45, 7) is 6.32. The Morgan fingerprint density at radius 1 is 1.42 bits per heavy atom. The van der Waals surface area contributed by atoms with Gasteiger partial charge in [0.2, 0.25) is 0 Å². The van der Waals surface area contributed by atoms with Crippen molar-refractivity contribution in [3.8, 4) is 0 Å². The molecule has 0 spiro atoms. The van der Waals surface area contributed by atoms with Gasteiger partial charge in [-0.1, -0.05) is 0 Å². The molecule has 1 fully saturated rings. The molecule has 2 heterocycles. The molecule has 0 bridgehead atoms. The van der Waals surface area contributed by atoms with E-state index in [1.54, 1.807) is 15.8 Å². The molecule has 0 aromatic carbocycles. The Hall–Kier alpha value is -1.60. The minimum atomic E-state index is -0.103. The quantitative estimate of drug-likeness (QED) is 0.748. The van der Waals surface area contributed by atoms with E-state index < -0.39 is 0 Å². The summed E-state index contributed by atoms with van der Waals surface area (Å²) in [5.74, 6) is -0.103. The first-order valence-corrected chi connectivity index (χ1v) is 6.61. The molecule has 0 aliphatic carbocycles. The Balaban J connectivity index is 1.99. The molecule has 19 heavy (non-hydrogen) atoms. The molecule has 1 saturated heterocycles. The third kappa shape index (κ3) is 3.05. The lowest BCUT2D eigenvalue weighted by Crippen LogP contribution is -2.49. The molecule has 7 heteroatoms. The van der Waals surface area contributed by atoms with Gasteiger partial charge in [-0.25, -0.2) is 0 Å². The summed E-state index contributed by atoms with van der Waals surface area (Å²) in [4.78, 5) is 16.2. The van der Waals surface area contributed by atoms with Crippen molar-refractivity contribution in [3.63, 3.8) is 0 Å². The first-order valence-electron chi connectivity index (χ1n) is 6.61. The van der Waals surface area contributed by atoms with Crippen LogP contribution in [0.1, 0.15) is 17.4 Å². The third-order valence-electron chi connectivity index (χ3n) is 3.39. The lowest BCUT2D eigenvalue weighted by Gasteiger charge is -2.34. The third-order valence-corrected chi connectivity index (χ3v) is 3.39. The van der Waals surface area contributed by atoms with Gasteiger partial charge in [0.1, 0.15) is 0 Å². The number of amides is 1. The first-order chi connectivity index (χ1) is 9.15. The SMILES string of the molecule is CCn1cc(N)c(C(=O)N2CCN(CCO)CC2)n1. The number of hydrogen-bond acceptors (Lipinski definition) is 5. The number of aromatic nitrogens is 2. The van der Waals surface area contributed by atoms with Gasteiger partial charge in [-0.2, -0.15) is 5.10 Å². The molecule has 1 aromatic heterocycles. The van der Waals surface area contributed by atoms with Crippen molar-refractivity contribution in [2.45, 2.75) is 13.5 Å². The van der Waals surface area contributed by atoms with Crippen LogP contribution in [0.25, 0.3) is 0 Å². The smallest absolute Gasteiger partial charge is 0.276 e. The van der Waals surface area contributed by atoms with Gasteiger partial charge in [0.15, 0.2) is 5.69 Å². The number of carbonyl (C=O) groups excluding carboxylic acids is 1. The number of piperazine rings is 1. The van der Waals surface area contributed by atoms with E-state index in [1.165, 1.54) is 0 Å². The fourth-order valence-corrected chi connectivity index (χ4v) is 2.23. The van der Waals surface area contributed by atoms with E-state index in [1.807, 2.05) is 6.92 Å². The minimum Gasteiger partial charge on any atom is -0.396 e. The average Bonchev–Trinajstić information content (AvgIpc) is 2.80. The lowest BCUT2D eigenvalue weighted by atomic mass is 10.2. The maximum Gasteiger partial charge on any atom is 0.276 e. The first kappa shape index (κ1) is 13.8. The summed E-state index contributed by atoms with van der Waals surface area (Å²) in [5, 5.41) is 13.1. The van der Waals surface area contributed by atoms with Gasteiger partial charge in [0.25, 0.3) is 5.91 Å². The summed E-state index contributed by atoms with van der Waals surface area (Å²) >= 11 is 0. The molecule has 0 atom stereocenters. The maximum absolute atomic E-state index is 12.3. The molecule has 0 saturated carbocycles. The van der Waals surface area contributed by atoms with E-state index in [4.69, 9.17) is 10.8 Å². The van der Waals surface area contributed by atoms with E-state index in [2.05, 4.69) is 10.00 Å². The Labute approximate surface area is 112 Å². The molecular weight excluding hydrogens is 246 g/mol. The van der Waals surface area contributed by atoms with E-state index in [-0.39, 0.29) is 12.5 Å². The monoisotopic (exact) mass is 267 g/mol. The van der Waals surface area contributed by atoms with Crippen LogP contribution in [-0.2, 0) is 6.54 Å². The number of anilines is 1. The zero-order chi connectivity index (χ0) is 13.8.